The summed E-state index contributed by atoms with van der Waals surface area (Å²) in [6.07, 6.45) is -4.77. The number of carbonyl (C=O) groups is 1. The summed E-state index contributed by atoms with van der Waals surface area (Å²) in [7, 11) is 0. The van der Waals surface area contributed by atoms with E-state index in [1.54, 1.807) is 54.6 Å². The highest BCUT2D eigenvalue weighted by Crippen LogP contribution is 2.38. The SMILES string of the molecule is CCOc1ccc(-c2cc(C(F)(F)F)c(C#N)c(SCC(=O)Nc3ccccc3Cl)n2)cc1. The second-order valence-corrected chi connectivity index (χ2v) is 7.99. The third-order valence-electron chi connectivity index (χ3n) is 4.35. The quantitative estimate of drug-likeness (QED) is 0.386. The van der Waals surface area contributed by atoms with Crippen molar-refractivity contribution in [3.8, 4) is 23.1 Å². The Balaban J connectivity index is 1.92. The second kappa shape index (κ2) is 10.6. The van der Waals surface area contributed by atoms with Crippen molar-refractivity contribution in [2.24, 2.45) is 0 Å². The Hall–Kier alpha value is -3.22. The Morgan fingerprint density at radius 2 is 1.91 bits per heavy atom. The minimum absolute atomic E-state index is 0.0263. The largest absolute Gasteiger partial charge is 0.494 e. The molecule has 0 atom stereocenters. The molecule has 3 rings (SSSR count). The van der Waals surface area contributed by atoms with Gasteiger partial charge in [0, 0.05) is 5.56 Å². The van der Waals surface area contributed by atoms with Crippen LogP contribution >= 0.6 is 23.4 Å². The third-order valence-corrected chi connectivity index (χ3v) is 5.66. The second-order valence-electron chi connectivity index (χ2n) is 6.62. The zero-order chi connectivity index (χ0) is 24.0. The Morgan fingerprint density at radius 3 is 2.52 bits per heavy atom. The van der Waals surface area contributed by atoms with E-state index in [9.17, 15) is 23.2 Å². The maximum atomic E-state index is 13.7. The molecule has 0 spiro atoms. The summed E-state index contributed by atoms with van der Waals surface area (Å²) in [5, 5.41) is 12.1. The van der Waals surface area contributed by atoms with Crippen LogP contribution < -0.4 is 10.1 Å². The van der Waals surface area contributed by atoms with Crippen LogP contribution in [0.15, 0.2) is 59.6 Å². The van der Waals surface area contributed by atoms with Crippen molar-refractivity contribution in [2.75, 3.05) is 17.7 Å². The van der Waals surface area contributed by atoms with Crippen LogP contribution in [0, 0.1) is 11.3 Å². The van der Waals surface area contributed by atoms with Gasteiger partial charge in [0.25, 0.3) is 0 Å². The first-order valence-electron chi connectivity index (χ1n) is 9.65. The van der Waals surface area contributed by atoms with Gasteiger partial charge in [-0.25, -0.2) is 4.98 Å². The molecule has 0 unspecified atom stereocenters. The first kappa shape index (κ1) is 24.4. The molecular formula is C23H17ClF3N3O2S. The van der Waals surface area contributed by atoms with E-state index >= 15 is 0 Å². The van der Waals surface area contributed by atoms with Crippen LogP contribution in [0.4, 0.5) is 18.9 Å². The van der Waals surface area contributed by atoms with E-state index in [1.165, 1.54) is 0 Å². The Morgan fingerprint density at radius 1 is 1.21 bits per heavy atom. The smallest absolute Gasteiger partial charge is 0.417 e. The minimum Gasteiger partial charge on any atom is -0.494 e. The first-order valence-corrected chi connectivity index (χ1v) is 11.0. The number of amides is 1. The molecule has 1 amide bonds. The Labute approximate surface area is 197 Å². The number of anilines is 1. The zero-order valence-electron chi connectivity index (χ0n) is 17.2. The number of halogens is 4. The van der Waals surface area contributed by atoms with E-state index in [-0.39, 0.29) is 16.5 Å². The number of hydrogen-bond donors (Lipinski definition) is 1. The number of rotatable bonds is 7. The summed E-state index contributed by atoms with van der Waals surface area (Å²) in [5.41, 5.74) is -0.933. The number of thioether (sulfide) groups is 1. The van der Waals surface area contributed by atoms with Crippen molar-refractivity contribution in [3.05, 3.63) is 70.7 Å². The number of pyridine rings is 1. The lowest BCUT2D eigenvalue weighted by Gasteiger charge is -2.14. The molecule has 0 radical (unpaired) electrons. The molecule has 0 saturated heterocycles. The summed E-state index contributed by atoms with van der Waals surface area (Å²) >= 11 is 6.75. The molecule has 0 saturated carbocycles. The van der Waals surface area contributed by atoms with Crippen LogP contribution in [-0.2, 0) is 11.0 Å². The number of aromatic nitrogens is 1. The Bertz CT molecular complexity index is 1200. The van der Waals surface area contributed by atoms with E-state index in [4.69, 9.17) is 16.3 Å². The van der Waals surface area contributed by atoms with Crippen molar-refractivity contribution in [2.45, 2.75) is 18.1 Å². The van der Waals surface area contributed by atoms with Crippen molar-refractivity contribution in [1.82, 2.24) is 4.98 Å². The molecule has 0 aliphatic heterocycles. The lowest BCUT2D eigenvalue weighted by molar-refractivity contribution is -0.138. The van der Waals surface area contributed by atoms with Gasteiger partial charge in [-0.05, 0) is 49.4 Å². The number of benzene rings is 2. The van der Waals surface area contributed by atoms with Gasteiger partial charge >= 0.3 is 6.18 Å². The van der Waals surface area contributed by atoms with Gasteiger partial charge in [-0.3, -0.25) is 4.79 Å². The van der Waals surface area contributed by atoms with Gasteiger partial charge in [-0.1, -0.05) is 35.5 Å². The number of carbonyl (C=O) groups excluding carboxylic acids is 1. The summed E-state index contributed by atoms with van der Waals surface area (Å²) in [4.78, 5) is 16.6. The molecule has 1 heterocycles. The fourth-order valence-corrected chi connectivity index (χ4v) is 3.86. The maximum absolute atomic E-state index is 13.7. The standard InChI is InChI=1S/C23H17ClF3N3O2S/c1-2-32-15-9-7-14(8-10-15)20-11-17(23(25,26)27)16(12-28)22(30-20)33-13-21(31)29-19-6-4-3-5-18(19)24/h3-11H,2,13H2,1H3,(H,29,31). The summed E-state index contributed by atoms with van der Waals surface area (Å²) in [6, 6.07) is 15.4. The number of para-hydroxylation sites is 1. The van der Waals surface area contributed by atoms with Gasteiger partial charge in [-0.2, -0.15) is 18.4 Å². The summed E-state index contributed by atoms with van der Waals surface area (Å²) < 4.78 is 46.5. The minimum atomic E-state index is -4.77. The van der Waals surface area contributed by atoms with Crippen molar-refractivity contribution in [1.29, 1.82) is 5.26 Å². The monoisotopic (exact) mass is 491 g/mol. The number of nitrogens with one attached hydrogen (secondary N) is 1. The highest BCUT2D eigenvalue weighted by molar-refractivity contribution is 8.00. The average Bonchev–Trinajstić information content (AvgIpc) is 2.78. The van der Waals surface area contributed by atoms with Crippen LogP contribution in [0.1, 0.15) is 18.1 Å². The molecule has 3 aromatic rings. The predicted octanol–water partition coefficient (Wildman–Crippen LogP) is 6.42. The van der Waals surface area contributed by atoms with Gasteiger partial charge in [0.1, 0.15) is 16.8 Å². The van der Waals surface area contributed by atoms with Gasteiger partial charge < -0.3 is 10.1 Å². The molecule has 10 heteroatoms. The van der Waals surface area contributed by atoms with Crippen molar-refractivity contribution >= 4 is 35.0 Å². The molecular weight excluding hydrogens is 475 g/mol. The molecule has 33 heavy (non-hydrogen) atoms. The number of nitrogens with zero attached hydrogens (tertiary/aromatic N) is 2. The van der Waals surface area contributed by atoms with Crippen LogP contribution in [-0.4, -0.2) is 23.3 Å². The summed E-state index contributed by atoms with van der Waals surface area (Å²) in [6.45, 7) is 2.26. The van der Waals surface area contributed by atoms with Gasteiger partial charge in [0.15, 0.2) is 0 Å². The van der Waals surface area contributed by atoms with Crippen LogP contribution in [0.5, 0.6) is 5.75 Å². The normalized spacial score (nSPS) is 11.0. The number of nitriles is 1. The topological polar surface area (TPSA) is 75.0 Å². The molecule has 0 fully saturated rings. The van der Waals surface area contributed by atoms with E-state index in [0.29, 0.717) is 28.6 Å². The highest BCUT2D eigenvalue weighted by Gasteiger charge is 2.36. The van der Waals surface area contributed by atoms with E-state index < -0.39 is 23.2 Å². The number of alkyl halides is 3. The summed E-state index contributed by atoms with van der Waals surface area (Å²) in [5.74, 6) is -0.202. The molecule has 170 valence electrons. The van der Waals surface area contributed by atoms with Crippen molar-refractivity contribution in [3.63, 3.8) is 0 Å². The number of ether oxygens (including phenoxy) is 1. The fraction of sp³-hybridized carbons (Fsp3) is 0.174. The molecule has 1 aromatic heterocycles. The molecule has 0 bridgehead atoms. The van der Waals surface area contributed by atoms with Gasteiger partial charge in [0.2, 0.25) is 5.91 Å². The van der Waals surface area contributed by atoms with E-state index in [2.05, 4.69) is 10.3 Å². The van der Waals surface area contributed by atoms with E-state index in [1.807, 2.05) is 6.92 Å². The van der Waals surface area contributed by atoms with E-state index in [0.717, 1.165) is 17.8 Å². The average molecular weight is 492 g/mol. The molecule has 1 N–H and O–H groups in total. The van der Waals surface area contributed by atoms with Crippen molar-refractivity contribution < 1.29 is 22.7 Å². The fourth-order valence-electron chi connectivity index (χ4n) is 2.88. The Kier molecular flexibility index (Phi) is 7.84. The van der Waals surface area contributed by atoms with Gasteiger partial charge in [0.05, 0.1) is 39.9 Å². The molecule has 0 aliphatic rings. The van der Waals surface area contributed by atoms with Crippen LogP contribution in [0.3, 0.4) is 0 Å². The molecule has 2 aromatic carbocycles. The maximum Gasteiger partial charge on any atom is 0.417 e. The molecule has 5 nitrogen and oxygen atoms in total. The van der Waals surface area contributed by atoms with Crippen LogP contribution in [0.25, 0.3) is 11.3 Å². The van der Waals surface area contributed by atoms with Gasteiger partial charge in [-0.15, -0.1) is 0 Å². The number of hydrogen-bond acceptors (Lipinski definition) is 5. The third kappa shape index (κ3) is 6.18. The first-order chi connectivity index (χ1) is 15.7. The molecule has 0 aliphatic carbocycles. The zero-order valence-corrected chi connectivity index (χ0v) is 18.8. The lowest BCUT2D eigenvalue weighted by atomic mass is 10.1. The lowest BCUT2D eigenvalue weighted by Crippen LogP contribution is -2.15. The predicted molar refractivity (Wildman–Crippen MR) is 121 cm³/mol. The highest BCUT2D eigenvalue weighted by atomic mass is 35.5. The van der Waals surface area contributed by atoms with Crippen LogP contribution in [0.2, 0.25) is 5.02 Å².